The molecule has 0 radical (unpaired) electrons. The Morgan fingerprint density at radius 1 is 1.47 bits per heavy atom. The number of amides is 1. The highest BCUT2D eigenvalue weighted by Gasteiger charge is 2.36. The fourth-order valence-electron chi connectivity index (χ4n) is 2.19. The van der Waals surface area contributed by atoms with Crippen molar-refractivity contribution in [2.24, 2.45) is 5.73 Å². The third-order valence-electron chi connectivity index (χ3n) is 3.23. The number of nitrogens with two attached hydrogens (primary N) is 1. The molecule has 2 rings (SSSR count). The van der Waals surface area contributed by atoms with Gasteiger partial charge in [0.2, 0.25) is 5.91 Å². The van der Waals surface area contributed by atoms with E-state index in [1.54, 1.807) is 11.3 Å². The molecule has 1 fully saturated rings. The van der Waals surface area contributed by atoms with Crippen molar-refractivity contribution < 1.29 is 4.79 Å². The van der Waals surface area contributed by atoms with E-state index in [1.165, 1.54) is 4.88 Å². The molecule has 0 unspecified atom stereocenters. The van der Waals surface area contributed by atoms with Gasteiger partial charge in [0.15, 0.2) is 0 Å². The molecular formula is C12H17BrN2OS. The molecule has 1 aromatic heterocycles. The van der Waals surface area contributed by atoms with Crippen molar-refractivity contribution >= 4 is 33.2 Å². The minimum absolute atomic E-state index is 0.0191. The second-order valence-corrected chi connectivity index (χ2v) is 7.12. The molecule has 0 atom stereocenters. The number of rotatable bonds is 4. The maximum Gasteiger partial charge on any atom is 0.240 e. The summed E-state index contributed by atoms with van der Waals surface area (Å²) in [6, 6.07) is 4.11. The second kappa shape index (κ2) is 5.50. The highest BCUT2D eigenvalue weighted by atomic mass is 79.9. The predicted octanol–water partition coefficient (Wildman–Crippen LogP) is 2.44. The van der Waals surface area contributed by atoms with Gasteiger partial charge < -0.3 is 11.1 Å². The highest BCUT2D eigenvalue weighted by Crippen LogP contribution is 2.27. The van der Waals surface area contributed by atoms with Gasteiger partial charge in [-0.25, -0.2) is 0 Å². The third kappa shape index (κ3) is 3.30. The molecule has 3 nitrogen and oxygen atoms in total. The van der Waals surface area contributed by atoms with Crippen LogP contribution in [-0.2, 0) is 11.2 Å². The summed E-state index contributed by atoms with van der Waals surface area (Å²) < 4.78 is 1.13. The van der Waals surface area contributed by atoms with E-state index in [4.69, 9.17) is 5.73 Å². The first-order valence-electron chi connectivity index (χ1n) is 5.91. The van der Waals surface area contributed by atoms with Gasteiger partial charge in [0, 0.05) is 11.4 Å². The van der Waals surface area contributed by atoms with Gasteiger partial charge in [-0.05, 0) is 47.3 Å². The second-order valence-electron chi connectivity index (χ2n) is 4.57. The lowest BCUT2D eigenvalue weighted by atomic mass is 9.98. The van der Waals surface area contributed by atoms with Crippen LogP contribution in [0.4, 0.5) is 0 Å². The minimum Gasteiger partial charge on any atom is -0.354 e. The lowest BCUT2D eigenvalue weighted by molar-refractivity contribution is -0.126. The standard InChI is InChI=1S/C12H17BrN2OS/c13-10-4-3-9(17-10)5-8-15-11(16)12(14)6-1-2-7-12/h3-4H,1-2,5-8,14H2,(H,15,16). The molecule has 1 aliphatic rings. The quantitative estimate of drug-likeness (QED) is 0.896. The topological polar surface area (TPSA) is 55.1 Å². The number of carbonyl (C=O) groups is 1. The molecular weight excluding hydrogens is 300 g/mol. The fraction of sp³-hybridized carbons (Fsp3) is 0.583. The number of thiophene rings is 1. The van der Waals surface area contributed by atoms with E-state index in [9.17, 15) is 4.79 Å². The van der Waals surface area contributed by atoms with Crippen LogP contribution in [0.1, 0.15) is 30.6 Å². The van der Waals surface area contributed by atoms with E-state index in [2.05, 4.69) is 27.3 Å². The number of halogens is 1. The van der Waals surface area contributed by atoms with Crippen molar-refractivity contribution in [2.75, 3.05) is 6.54 Å². The van der Waals surface area contributed by atoms with E-state index in [0.29, 0.717) is 6.54 Å². The van der Waals surface area contributed by atoms with Crippen LogP contribution < -0.4 is 11.1 Å². The zero-order valence-electron chi connectivity index (χ0n) is 9.67. The largest absolute Gasteiger partial charge is 0.354 e. The lowest BCUT2D eigenvalue weighted by Gasteiger charge is -2.22. The van der Waals surface area contributed by atoms with Gasteiger partial charge in [-0.2, -0.15) is 0 Å². The van der Waals surface area contributed by atoms with Crippen molar-refractivity contribution in [2.45, 2.75) is 37.6 Å². The molecule has 1 aliphatic carbocycles. The van der Waals surface area contributed by atoms with Crippen LogP contribution in [0.2, 0.25) is 0 Å². The molecule has 5 heteroatoms. The normalized spacial score (nSPS) is 18.2. The maximum atomic E-state index is 11.9. The molecule has 0 saturated heterocycles. The van der Waals surface area contributed by atoms with Crippen molar-refractivity contribution in [3.8, 4) is 0 Å². The number of hydrogen-bond donors (Lipinski definition) is 2. The Labute approximate surface area is 114 Å². The molecule has 1 amide bonds. The summed E-state index contributed by atoms with van der Waals surface area (Å²) in [5.41, 5.74) is 5.47. The van der Waals surface area contributed by atoms with Gasteiger partial charge in [0.05, 0.1) is 9.33 Å². The first kappa shape index (κ1) is 13.1. The van der Waals surface area contributed by atoms with Crippen molar-refractivity contribution in [3.05, 3.63) is 20.8 Å². The molecule has 1 saturated carbocycles. The Morgan fingerprint density at radius 3 is 2.76 bits per heavy atom. The van der Waals surface area contributed by atoms with Crippen molar-refractivity contribution in [1.29, 1.82) is 0 Å². The summed E-state index contributed by atoms with van der Waals surface area (Å²) in [5.74, 6) is 0.0191. The van der Waals surface area contributed by atoms with E-state index < -0.39 is 5.54 Å². The summed E-state index contributed by atoms with van der Waals surface area (Å²) >= 11 is 5.13. The SMILES string of the molecule is NC1(C(=O)NCCc2ccc(Br)s2)CCCC1. The lowest BCUT2D eigenvalue weighted by Crippen LogP contribution is -2.52. The van der Waals surface area contributed by atoms with Crippen LogP contribution in [-0.4, -0.2) is 18.0 Å². The van der Waals surface area contributed by atoms with Crippen LogP contribution >= 0.6 is 27.3 Å². The Bertz CT molecular complexity index is 399. The number of hydrogen-bond acceptors (Lipinski definition) is 3. The monoisotopic (exact) mass is 316 g/mol. The Balaban J connectivity index is 1.77. The molecule has 17 heavy (non-hydrogen) atoms. The fourth-order valence-corrected chi connectivity index (χ4v) is 3.68. The molecule has 0 aliphatic heterocycles. The van der Waals surface area contributed by atoms with Gasteiger partial charge >= 0.3 is 0 Å². The van der Waals surface area contributed by atoms with Crippen molar-refractivity contribution in [3.63, 3.8) is 0 Å². The smallest absolute Gasteiger partial charge is 0.240 e. The first-order valence-corrected chi connectivity index (χ1v) is 7.52. The molecule has 0 spiro atoms. The summed E-state index contributed by atoms with van der Waals surface area (Å²) in [7, 11) is 0. The molecule has 0 aromatic carbocycles. The maximum absolute atomic E-state index is 11.9. The molecule has 94 valence electrons. The molecule has 0 bridgehead atoms. The van der Waals surface area contributed by atoms with Gasteiger partial charge in [-0.15, -0.1) is 11.3 Å². The average molecular weight is 317 g/mol. The van der Waals surface area contributed by atoms with Crippen LogP contribution in [0.15, 0.2) is 15.9 Å². The average Bonchev–Trinajstić information content (AvgIpc) is 2.89. The van der Waals surface area contributed by atoms with Gasteiger partial charge in [-0.1, -0.05) is 12.8 Å². The van der Waals surface area contributed by atoms with E-state index in [-0.39, 0.29) is 5.91 Å². The minimum atomic E-state index is -0.601. The zero-order valence-corrected chi connectivity index (χ0v) is 12.1. The summed E-state index contributed by atoms with van der Waals surface area (Å²) in [6.45, 7) is 0.671. The van der Waals surface area contributed by atoms with E-state index in [1.807, 2.05) is 6.07 Å². The highest BCUT2D eigenvalue weighted by molar-refractivity contribution is 9.11. The Hall–Kier alpha value is -0.390. The third-order valence-corrected chi connectivity index (χ3v) is 4.92. The van der Waals surface area contributed by atoms with Crippen LogP contribution in [0.3, 0.4) is 0 Å². The predicted molar refractivity (Wildman–Crippen MR) is 74.1 cm³/mol. The summed E-state index contributed by atoms with van der Waals surface area (Å²) in [5, 5.41) is 2.95. The van der Waals surface area contributed by atoms with Crippen molar-refractivity contribution in [1.82, 2.24) is 5.32 Å². The number of carbonyl (C=O) groups excluding carboxylic acids is 1. The molecule has 1 heterocycles. The van der Waals surface area contributed by atoms with Gasteiger partial charge in [0.1, 0.15) is 0 Å². The van der Waals surface area contributed by atoms with Crippen LogP contribution in [0.25, 0.3) is 0 Å². The van der Waals surface area contributed by atoms with Crippen LogP contribution in [0.5, 0.6) is 0 Å². The molecule has 3 N–H and O–H groups in total. The zero-order chi connectivity index (χ0) is 12.3. The van der Waals surface area contributed by atoms with Gasteiger partial charge in [-0.3, -0.25) is 4.79 Å². The summed E-state index contributed by atoms with van der Waals surface area (Å²) in [6.07, 6.45) is 4.66. The first-order chi connectivity index (χ1) is 8.10. The Kier molecular flexibility index (Phi) is 4.22. The van der Waals surface area contributed by atoms with Gasteiger partial charge in [0.25, 0.3) is 0 Å². The Morgan fingerprint density at radius 2 is 2.18 bits per heavy atom. The summed E-state index contributed by atoms with van der Waals surface area (Å²) in [4.78, 5) is 13.2. The van der Waals surface area contributed by atoms with E-state index in [0.717, 1.165) is 35.9 Å². The number of nitrogens with one attached hydrogen (secondary N) is 1. The van der Waals surface area contributed by atoms with Crippen LogP contribution in [0, 0.1) is 0 Å². The molecule has 1 aromatic rings. The van der Waals surface area contributed by atoms with E-state index >= 15 is 0 Å².